The number of carbonyl (C=O) groups is 1. The summed E-state index contributed by atoms with van der Waals surface area (Å²) < 4.78 is 39.3. The van der Waals surface area contributed by atoms with E-state index in [2.05, 4.69) is 0 Å². The van der Waals surface area contributed by atoms with Crippen LogP contribution in [-0.2, 0) is 4.79 Å². The molecule has 1 aromatic rings. The second-order valence-electron chi connectivity index (χ2n) is 4.75. The molecule has 1 fully saturated rings. The summed E-state index contributed by atoms with van der Waals surface area (Å²) in [6.45, 7) is 1.80. The Morgan fingerprint density at radius 3 is 2.44 bits per heavy atom. The molecule has 0 spiro atoms. The molecule has 0 bridgehead atoms. The van der Waals surface area contributed by atoms with Gasteiger partial charge in [-0.25, -0.2) is 0 Å². The largest absolute Gasteiger partial charge is 0.481 e. The van der Waals surface area contributed by atoms with Gasteiger partial charge < -0.3 is 5.11 Å². The molecule has 6 heteroatoms. The van der Waals surface area contributed by atoms with Gasteiger partial charge in [-0.1, -0.05) is 0 Å². The summed E-state index contributed by atoms with van der Waals surface area (Å²) in [5.41, 5.74) is -1.82. The zero-order chi connectivity index (χ0) is 13.6. The lowest BCUT2D eigenvalue weighted by Gasteiger charge is -2.27. The van der Waals surface area contributed by atoms with Crippen molar-refractivity contribution in [3.8, 4) is 0 Å². The van der Waals surface area contributed by atoms with E-state index in [9.17, 15) is 18.0 Å². The molecule has 2 rings (SSSR count). The first-order valence-electron chi connectivity index (χ1n) is 5.61. The molecule has 0 aliphatic heterocycles. The first-order chi connectivity index (χ1) is 8.26. The molecule has 18 heavy (non-hydrogen) atoms. The molecular formula is C12H13F3O2S. The van der Waals surface area contributed by atoms with Crippen LogP contribution in [0.15, 0.2) is 12.1 Å². The standard InChI is InChI=1S/C12H13F3O2S/c1-7-2-3-9(18-7)8(6-10(16)17)11(4-5-11)12(13,14)15/h2-3,8H,4-6H2,1H3,(H,16,17)/t8-/m1/s1. The fourth-order valence-electron chi connectivity index (χ4n) is 2.35. The summed E-state index contributed by atoms with van der Waals surface area (Å²) in [5.74, 6) is -2.13. The quantitative estimate of drug-likeness (QED) is 0.905. The van der Waals surface area contributed by atoms with Crippen molar-refractivity contribution in [2.24, 2.45) is 5.41 Å². The molecule has 0 radical (unpaired) electrons. The van der Waals surface area contributed by atoms with Crippen LogP contribution < -0.4 is 0 Å². The van der Waals surface area contributed by atoms with Crippen LogP contribution in [-0.4, -0.2) is 17.3 Å². The minimum Gasteiger partial charge on any atom is -0.481 e. The SMILES string of the molecule is Cc1ccc([C@@H](CC(=O)O)C2(C(F)(F)F)CC2)s1. The summed E-state index contributed by atoms with van der Waals surface area (Å²) in [4.78, 5) is 12.3. The molecule has 1 atom stereocenters. The van der Waals surface area contributed by atoms with Crippen molar-refractivity contribution in [2.75, 3.05) is 0 Å². The van der Waals surface area contributed by atoms with Gasteiger partial charge in [0.15, 0.2) is 0 Å². The topological polar surface area (TPSA) is 37.3 Å². The lowest BCUT2D eigenvalue weighted by atomic mass is 9.84. The Morgan fingerprint density at radius 2 is 2.11 bits per heavy atom. The number of hydrogen-bond donors (Lipinski definition) is 1. The summed E-state index contributed by atoms with van der Waals surface area (Å²) in [5, 5.41) is 8.85. The average molecular weight is 278 g/mol. The van der Waals surface area contributed by atoms with Crippen molar-refractivity contribution in [3.05, 3.63) is 21.9 Å². The second kappa shape index (κ2) is 4.26. The molecule has 0 unspecified atom stereocenters. The Balaban J connectivity index is 2.35. The molecular weight excluding hydrogens is 265 g/mol. The third-order valence-electron chi connectivity index (χ3n) is 3.50. The van der Waals surface area contributed by atoms with Gasteiger partial charge in [-0.05, 0) is 31.9 Å². The number of aryl methyl sites for hydroxylation is 1. The molecule has 1 saturated carbocycles. The van der Waals surface area contributed by atoms with E-state index < -0.39 is 29.9 Å². The molecule has 1 heterocycles. The van der Waals surface area contributed by atoms with Crippen LogP contribution >= 0.6 is 11.3 Å². The van der Waals surface area contributed by atoms with Gasteiger partial charge in [0.2, 0.25) is 0 Å². The summed E-state index contributed by atoms with van der Waals surface area (Å²) in [6.07, 6.45) is -4.72. The average Bonchev–Trinajstić information content (AvgIpc) is 2.93. The van der Waals surface area contributed by atoms with E-state index in [1.54, 1.807) is 19.1 Å². The van der Waals surface area contributed by atoms with Gasteiger partial charge in [0, 0.05) is 15.7 Å². The van der Waals surface area contributed by atoms with Crippen LogP contribution in [0.1, 0.15) is 34.9 Å². The minimum absolute atomic E-state index is 0.0331. The van der Waals surface area contributed by atoms with E-state index in [4.69, 9.17) is 5.11 Å². The number of rotatable bonds is 4. The van der Waals surface area contributed by atoms with Crippen LogP contribution in [0.25, 0.3) is 0 Å². The lowest BCUT2D eigenvalue weighted by molar-refractivity contribution is -0.195. The van der Waals surface area contributed by atoms with Gasteiger partial charge >= 0.3 is 12.1 Å². The number of carboxylic acids is 1. The predicted molar refractivity (Wildman–Crippen MR) is 61.8 cm³/mol. The Kier molecular flexibility index (Phi) is 3.17. The van der Waals surface area contributed by atoms with Crippen molar-refractivity contribution in [1.29, 1.82) is 0 Å². The molecule has 1 aliphatic rings. The van der Waals surface area contributed by atoms with Crippen LogP contribution in [0.2, 0.25) is 0 Å². The minimum atomic E-state index is -4.33. The van der Waals surface area contributed by atoms with Crippen molar-refractivity contribution in [3.63, 3.8) is 0 Å². The van der Waals surface area contributed by atoms with Gasteiger partial charge in [0.25, 0.3) is 0 Å². The summed E-state index contributed by atoms with van der Waals surface area (Å²) in [7, 11) is 0. The van der Waals surface area contributed by atoms with E-state index in [-0.39, 0.29) is 12.8 Å². The van der Waals surface area contributed by atoms with E-state index in [0.717, 1.165) is 4.88 Å². The maximum absolute atomic E-state index is 13.1. The molecule has 2 nitrogen and oxygen atoms in total. The Morgan fingerprint density at radius 1 is 1.50 bits per heavy atom. The second-order valence-corrected chi connectivity index (χ2v) is 6.07. The van der Waals surface area contributed by atoms with Crippen LogP contribution in [0, 0.1) is 12.3 Å². The number of thiophene rings is 1. The van der Waals surface area contributed by atoms with Crippen molar-refractivity contribution in [1.82, 2.24) is 0 Å². The maximum Gasteiger partial charge on any atom is 0.395 e. The van der Waals surface area contributed by atoms with E-state index in [0.29, 0.717) is 4.88 Å². The molecule has 1 aliphatic carbocycles. The number of hydrogen-bond acceptors (Lipinski definition) is 2. The predicted octanol–water partition coefficient (Wildman–Crippen LogP) is 3.96. The third-order valence-corrected chi connectivity index (χ3v) is 4.62. The number of carboxylic acid groups (broad SMARTS) is 1. The molecule has 1 aromatic heterocycles. The van der Waals surface area contributed by atoms with Crippen LogP contribution in [0.3, 0.4) is 0 Å². The van der Waals surface area contributed by atoms with Crippen molar-refractivity contribution >= 4 is 17.3 Å². The first kappa shape index (κ1) is 13.4. The normalized spacial score (nSPS) is 19.6. The maximum atomic E-state index is 13.1. The van der Waals surface area contributed by atoms with Crippen LogP contribution in [0.4, 0.5) is 13.2 Å². The fraction of sp³-hybridized carbons (Fsp3) is 0.583. The number of aliphatic carboxylic acids is 1. The van der Waals surface area contributed by atoms with Gasteiger partial charge in [0.1, 0.15) is 0 Å². The highest BCUT2D eigenvalue weighted by Gasteiger charge is 2.67. The highest BCUT2D eigenvalue weighted by atomic mass is 32.1. The lowest BCUT2D eigenvalue weighted by Crippen LogP contribution is -2.32. The van der Waals surface area contributed by atoms with Gasteiger partial charge in [-0.15, -0.1) is 11.3 Å². The summed E-state index contributed by atoms with van der Waals surface area (Å²) >= 11 is 1.26. The van der Waals surface area contributed by atoms with Gasteiger partial charge in [0.05, 0.1) is 11.8 Å². The van der Waals surface area contributed by atoms with Crippen molar-refractivity contribution < 1.29 is 23.1 Å². The van der Waals surface area contributed by atoms with E-state index >= 15 is 0 Å². The van der Waals surface area contributed by atoms with Crippen molar-refractivity contribution in [2.45, 2.75) is 38.3 Å². The van der Waals surface area contributed by atoms with Gasteiger partial charge in [-0.2, -0.15) is 13.2 Å². The first-order valence-corrected chi connectivity index (χ1v) is 6.43. The number of halogens is 3. The molecule has 0 aromatic carbocycles. The Bertz CT molecular complexity index is 460. The van der Waals surface area contributed by atoms with E-state index in [1.165, 1.54) is 11.3 Å². The van der Waals surface area contributed by atoms with Gasteiger partial charge in [-0.3, -0.25) is 4.79 Å². The monoisotopic (exact) mass is 278 g/mol. The third kappa shape index (κ3) is 2.25. The molecule has 1 N–H and O–H groups in total. The highest BCUT2D eigenvalue weighted by Crippen LogP contribution is 2.66. The molecule has 0 saturated heterocycles. The zero-order valence-corrected chi connectivity index (χ0v) is 10.6. The fourth-order valence-corrected chi connectivity index (χ4v) is 3.44. The highest BCUT2D eigenvalue weighted by molar-refractivity contribution is 7.12. The molecule has 0 amide bonds. The number of alkyl halides is 3. The Hall–Kier alpha value is -1.04. The smallest absolute Gasteiger partial charge is 0.395 e. The summed E-state index contributed by atoms with van der Waals surface area (Å²) in [6, 6.07) is 3.36. The van der Waals surface area contributed by atoms with Crippen LogP contribution in [0.5, 0.6) is 0 Å². The van der Waals surface area contributed by atoms with E-state index in [1.807, 2.05) is 0 Å². The Labute approximate surface area is 106 Å². The zero-order valence-electron chi connectivity index (χ0n) is 9.75. The molecule has 100 valence electrons.